The van der Waals surface area contributed by atoms with Crippen LogP contribution in [-0.4, -0.2) is 19.2 Å². The van der Waals surface area contributed by atoms with E-state index in [0.29, 0.717) is 6.29 Å². The second-order valence-corrected chi connectivity index (χ2v) is 1.22. The first-order valence-corrected chi connectivity index (χ1v) is 2.08. The number of rotatable bonds is 2. The van der Waals surface area contributed by atoms with Gasteiger partial charge in [0.2, 0.25) is 0 Å². The molecule has 0 saturated heterocycles. The molecule has 0 aromatic carbocycles. The van der Waals surface area contributed by atoms with Crippen molar-refractivity contribution in [2.45, 2.75) is 0 Å². The summed E-state index contributed by atoms with van der Waals surface area (Å²) in [5.41, 5.74) is -0.0486. The number of amides is 1. The lowest BCUT2D eigenvalue weighted by Gasteiger charge is -1.91. The van der Waals surface area contributed by atoms with Gasteiger partial charge in [0.25, 0.3) is 5.91 Å². The van der Waals surface area contributed by atoms with E-state index in [1.165, 1.54) is 7.05 Å². The summed E-state index contributed by atoms with van der Waals surface area (Å²) in [7, 11) is 1.44. The second-order valence-electron chi connectivity index (χ2n) is 1.22. The average Bonchev–Trinajstić information content (AvgIpc) is 1.84. The van der Waals surface area contributed by atoms with E-state index in [4.69, 9.17) is 0 Å². The van der Waals surface area contributed by atoms with Crippen molar-refractivity contribution in [3.05, 3.63) is 12.2 Å². The second kappa shape index (κ2) is 2.96. The van der Waals surface area contributed by atoms with Gasteiger partial charge in [-0.05, 0) is 0 Å². The van der Waals surface area contributed by atoms with Crippen LogP contribution in [0.2, 0.25) is 0 Å². The Morgan fingerprint density at radius 1 is 1.75 bits per heavy atom. The van der Waals surface area contributed by atoms with Crippen LogP contribution in [0.15, 0.2) is 12.2 Å². The molecule has 0 aliphatic rings. The highest BCUT2D eigenvalue weighted by Crippen LogP contribution is 1.79. The fraction of sp³-hybridized carbons (Fsp3) is 0.200. The summed E-state index contributed by atoms with van der Waals surface area (Å²) >= 11 is 0. The lowest BCUT2D eigenvalue weighted by Crippen LogP contribution is -2.19. The maximum Gasteiger partial charge on any atom is 0.253 e. The largest absolute Gasteiger partial charge is 0.355 e. The Morgan fingerprint density at radius 2 is 2.25 bits per heavy atom. The molecule has 44 valence electrons. The highest BCUT2D eigenvalue weighted by atomic mass is 16.2. The summed E-state index contributed by atoms with van der Waals surface area (Å²) in [5.74, 6) is -0.431. The van der Waals surface area contributed by atoms with Crippen LogP contribution in [0, 0.1) is 0 Å². The van der Waals surface area contributed by atoms with E-state index in [2.05, 4.69) is 11.9 Å². The van der Waals surface area contributed by atoms with E-state index in [1.807, 2.05) is 0 Å². The molecule has 0 rings (SSSR count). The molecule has 0 unspecified atom stereocenters. The van der Waals surface area contributed by atoms with Crippen molar-refractivity contribution in [1.29, 1.82) is 0 Å². The molecule has 1 amide bonds. The molecule has 0 atom stereocenters. The third-order valence-corrected chi connectivity index (χ3v) is 0.661. The minimum absolute atomic E-state index is 0.0486. The third-order valence-electron chi connectivity index (χ3n) is 0.661. The predicted octanol–water partition coefficient (Wildman–Crippen LogP) is -0.513. The lowest BCUT2D eigenvalue weighted by atomic mass is 10.3. The van der Waals surface area contributed by atoms with Crippen molar-refractivity contribution < 1.29 is 9.59 Å². The number of likely N-dealkylation sites (N-methyl/N-ethyl adjacent to an activating group) is 1. The van der Waals surface area contributed by atoms with Gasteiger partial charge in [-0.2, -0.15) is 0 Å². The quantitative estimate of drug-likeness (QED) is 0.227. The van der Waals surface area contributed by atoms with Crippen molar-refractivity contribution in [1.82, 2.24) is 5.32 Å². The summed E-state index contributed by atoms with van der Waals surface area (Å²) in [6, 6.07) is 0. The van der Waals surface area contributed by atoms with E-state index < -0.39 is 5.91 Å². The topological polar surface area (TPSA) is 46.2 Å². The zero-order valence-electron chi connectivity index (χ0n) is 4.60. The number of carbonyl (C=O) groups excluding carboxylic acids is 2. The average molecular weight is 113 g/mol. The maximum absolute atomic E-state index is 10.3. The fourth-order valence-electron chi connectivity index (χ4n) is 0.214. The molecule has 0 aliphatic heterocycles. The highest BCUT2D eigenvalue weighted by molar-refractivity contribution is 6.09. The van der Waals surface area contributed by atoms with Crippen LogP contribution in [0.25, 0.3) is 0 Å². The molecule has 0 saturated carbocycles. The highest BCUT2D eigenvalue weighted by Gasteiger charge is 1.98. The molecule has 0 heterocycles. The Labute approximate surface area is 47.4 Å². The Hall–Kier alpha value is -1.12. The van der Waals surface area contributed by atoms with Gasteiger partial charge >= 0.3 is 0 Å². The van der Waals surface area contributed by atoms with Gasteiger partial charge < -0.3 is 5.32 Å². The molecule has 0 aromatic rings. The first-order valence-electron chi connectivity index (χ1n) is 2.08. The number of hydrogen-bond donors (Lipinski definition) is 1. The molecule has 0 aliphatic carbocycles. The fourth-order valence-corrected chi connectivity index (χ4v) is 0.214. The molecule has 0 fully saturated rings. The minimum atomic E-state index is -0.431. The molecule has 0 bridgehead atoms. The zero-order valence-corrected chi connectivity index (χ0v) is 4.60. The van der Waals surface area contributed by atoms with Crippen molar-refractivity contribution in [3.63, 3.8) is 0 Å². The monoisotopic (exact) mass is 113 g/mol. The van der Waals surface area contributed by atoms with Gasteiger partial charge in [0.05, 0.1) is 5.57 Å². The molecule has 8 heavy (non-hydrogen) atoms. The van der Waals surface area contributed by atoms with Gasteiger partial charge in [-0.1, -0.05) is 6.58 Å². The van der Waals surface area contributed by atoms with Crippen LogP contribution in [0.3, 0.4) is 0 Å². The van der Waals surface area contributed by atoms with Crippen LogP contribution < -0.4 is 5.32 Å². The van der Waals surface area contributed by atoms with Crippen molar-refractivity contribution in [3.8, 4) is 0 Å². The van der Waals surface area contributed by atoms with Crippen LogP contribution in [0.5, 0.6) is 0 Å². The lowest BCUT2D eigenvalue weighted by molar-refractivity contribution is -0.118. The molecular weight excluding hydrogens is 106 g/mol. The van der Waals surface area contributed by atoms with Crippen LogP contribution in [-0.2, 0) is 9.59 Å². The normalized spacial score (nSPS) is 7.62. The van der Waals surface area contributed by atoms with E-state index in [1.54, 1.807) is 0 Å². The summed E-state index contributed by atoms with van der Waals surface area (Å²) in [6.45, 7) is 3.16. The van der Waals surface area contributed by atoms with E-state index in [0.717, 1.165) is 0 Å². The van der Waals surface area contributed by atoms with Crippen LogP contribution >= 0.6 is 0 Å². The Morgan fingerprint density at radius 3 is 2.38 bits per heavy atom. The minimum Gasteiger partial charge on any atom is -0.355 e. The summed E-state index contributed by atoms with van der Waals surface area (Å²) in [6.07, 6.45) is 0.416. The number of aldehydes is 1. The van der Waals surface area contributed by atoms with Gasteiger partial charge in [0.1, 0.15) is 0 Å². The number of hydrogen-bond acceptors (Lipinski definition) is 2. The van der Waals surface area contributed by atoms with E-state index in [-0.39, 0.29) is 5.57 Å². The first-order chi connectivity index (χ1) is 3.72. The molecular formula is C5H7NO2. The Kier molecular flexibility index (Phi) is 2.54. The maximum atomic E-state index is 10.3. The number of carbonyl (C=O) groups is 2. The molecule has 3 nitrogen and oxygen atoms in total. The van der Waals surface area contributed by atoms with E-state index >= 15 is 0 Å². The number of nitrogens with one attached hydrogen (secondary N) is 1. The molecule has 3 heteroatoms. The van der Waals surface area contributed by atoms with Crippen molar-refractivity contribution >= 4 is 12.2 Å². The van der Waals surface area contributed by atoms with Crippen LogP contribution in [0.1, 0.15) is 0 Å². The van der Waals surface area contributed by atoms with Crippen molar-refractivity contribution in [2.75, 3.05) is 7.05 Å². The predicted molar refractivity (Wildman–Crippen MR) is 29.3 cm³/mol. The molecule has 1 N–H and O–H groups in total. The standard InChI is InChI=1S/C5H7NO2/c1-4(3-7)5(8)6-2/h3H,1H2,2H3,(H,6,8). The Bertz CT molecular complexity index is 128. The molecule has 0 aromatic heterocycles. The van der Waals surface area contributed by atoms with Crippen molar-refractivity contribution in [2.24, 2.45) is 0 Å². The summed E-state index contributed by atoms with van der Waals surface area (Å²) in [5, 5.41) is 2.25. The molecule has 0 spiro atoms. The summed E-state index contributed by atoms with van der Waals surface area (Å²) in [4.78, 5) is 20.0. The zero-order chi connectivity index (χ0) is 6.57. The van der Waals surface area contributed by atoms with Crippen LogP contribution in [0.4, 0.5) is 0 Å². The Balaban J connectivity index is 3.82. The van der Waals surface area contributed by atoms with Gasteiger partial charge in [0, 0.05) is 7.05 Å². The summed E-state index contributed by atoms with van der Waals surface area (Å²) < 4.78 is 0. The third kappa shape index (κ3) is 1.55. The van der Waals surface area contributed by atoms with Gasteiger partial charge in [0.15, 0.2) is 6.29 Å². The van der Waals surface area contributed by atoms with Gasteiger partial charge in [-0.3, -0.25) is 9.59 Å². The van der Waals surface area contributed by atoms with Gasteiger partial charge in [-0.15, -0.1) is 0 Å². The first kappa shape index (κ1) is 6.88. The SMILES string of the molecule is C=C(C=O)C(=O)NC. The van der Waals surface area contributed by atoms with E-state index in [9.17, 15) is 9.59 Å². The molecule has 0 radical (unpaired) electrons. The van der Waals surface area contributed by atoms with Gasteiger partial charge in [-0.25, -0.2) is 0 Å². The smallest absolute Gasteiger partial charge is 0.253 e.